The second-order valence-corrected chi connectivity index (χ2v) is 10.5. The molecular formula is C28H31NO5S. The Labute approximate surface area is 209 Å². The number of ketones is 1. The summed E-state index contributed by atoms with van der Waals surface area (Å²) in [6.45, 7) is 4.12. The van der Waals surface area contributed by atoms with Gasteiger partial charge in [-0.2, -0.15) is 0 Å². The van der Waals surface area contributed by atoms with E-state index in [1.807, 2.05) is 25.3 Å². The van der Waals surface area contributed by atoms with Crippen molar-refractivity contribution in [3.8, 4) is 11.5 Å². The Bertz CT molecular complexity index is 1190. The number of thiophene rings is 1. The van der Waals surface area contributed by atoms with E-state index in [9.17, 15) is 14.7 Å². The first kappa shape index (κ1) is 23.7. The highest BCUT2D eigenvalue weighted by molar-refractivity contribution is 7.10. The lowest BCUT2D eigenvalue weighted by molar-refractivity contribution is -0.144. The van der Waals surface area contributed by atoms with Crippen LogP contribution >= 0.6 is 11.3 Å². The number of aromatic hydroxyl groups is 1. The van der Waals surface area contributed by atoms with Gasteiger partial charge in [-0.25, -0.2) is 4.79 Å². The number of allylic oxidation sites excluding steroid dienone is 3. The first-order valence-electron chi connectivity index (χ1n) is 12.4. The zero-order valence-electron chi connectivity index (χ0n) is 20.1. The summed E-state index contributed by atoms with van der Waals surface area (Å²) in [5, 5.41) is 15.7. The second kappa shape index (κ2) is 9.90. The summed E-state index contributed by atoms with van der Waals surface area (Å²) in [7, 11) is 0. The topological polar surface area (TPSA) is 84.9 Å². The molecule has 0 spiro atoms. The maximum atomic E-state index is 13.7. The van der Waals surface area contributed by atoms with Gasteiger partial charge in [0.1, 0.15) is 6.10 Å². The molecule has 1 aromatic carbocycles. The molecule has 6 nitrogen and oxygen atoms in total. The highest BCUT2D eigenvalue weighted by Crippen LogP contribution is 2.47. The van der Waals surface area contributed by atoms with E-state index < -0.39 is 5.92 Å². The minimum absolute atomic E-state index is 0.0299. The summed E-state index contributed by atoms with van der Waals surface area (Å²) in [5.74, 6) is -0.428. The highest BCUT2D eigenvalue weighted by Gasteiger charge is 2.42. The van der Waals surface area contributed by atoms with Crippen LogP contribution in [-0.2, 0) is 14.3 Å². The number of carbonyl (C=O) groups excluding carboxylic acids is 2. The largest absolute Gasteiger partial charge is 0.504 e. The number of phenols is 1. The van der Waals surface area contributed by atoms with Gasteiger partial charge in [-0.15, -0.1) is 11.3 Å². The molecule has 1 aromatic heterocycles. The van der Waals surface area contributed by atoms with E-state index in [-0.39, 0.29) is 29.5 Å². The first-order chi connectivity index (χ1) is 17.0. The normalized spacial score (nSPS) is 22.7. The average Bonchev–Trinajstić information content (AvgIpc) is 3.54. The maximum Gasteiger partial charge on any atom is 0.337 e. The predicted octanol–water partition coefficient (Wildman–Crippen LogP) is 5.70. The van der Waals surface area contributed by atoms with Crippen molar-refractivity contribution in [3.05, 3.63) is 68.7 Å². The molecule has 0 bridgehead atoms. The molecule has 0 amide bonds. The van der Waals surface area contributed by atoms with Crippen LogP contribution in [0.3, 0.4) is 0 Å². The predicted molar refractivity (Wildman–Crippen MR) is 135 cm³/mol. The standard InChI is InChI=1S/C28H31NO5S/c1-3-33-23-15-17(10-11-21(23)30)26-25(28(32)34-19-7-4-5-8-19)16(2)29-20-13-18(14-22(31)27(20)26)24-9-6-12-35-24/h6,9-12,15,18-19,26,29-30H,3-5,7-8,13-14H2,1-2H3. The quantitative estimate of drug-likeness (QED) is 0.502. The van der Waals surface area contributed by atoms with Gasteiger partial charge in [0.15, 0.2) is 17.3 Å². The van der Waals surface area contributed by atoms with Crippen LogP contribution in [0, 0.1) is 0 Å². The minimum atomic E-state index is -0.572. The first-order valence-corrected chi connectivity index (χ1v) is 13.3. The fraction of sp³-hybridized carbons (Fsp3) is 0.429. The van der Waals surface area contributed by atoms with Gasteiger partial charge in [-0.3, -0.25) is 4.79 Å². The van der Waals surface area contributed by atoms with Crippen LogP contribution in [0.2, 0.25) is 0 Å². The van der Waals surface area contributed by atoms with Crippen molar-refractivity contribution in [1.29, 1.82) is 0 Å². The Hall–Kier alpha value is -3.06. The summed E-state index contributed by atoms with van der Waals surface area (Å²) < 4.78 is 11.5. The third-order valence-electron chi connectivity index (χ3n) is 7.19. The Morgan fingerprint density at radius 3 is 2.71 bits per heavy atom. The number of hydrogen-bond donors (Lipinski definition) is 2. The third kappa shape index (κ3) is 4.61. The smallest absolute Gasteiger partial charge is 0.337 e. The number of ether oxygens (including phenoxy) is 2. The van der Waals surface area contributed by atoms with Gasteiger partial charge in [-0.05, 0) is 75.1 Å². The molecule has 2 N–H and O–H groups in total. The molecule has 5 rings (SSSR count). The van der Waals surface area contributed by atoms with E-state index in [1.165, 1.54) is 4.88 Å². The number of carbonyl (C=O) groups is 2. The molecular weight excluding hydrogens is 462 g/mol. The lowest BCUT2D eigenvalue weighted by Crippen LogP contribution is -2.36. The molecule has 3 aliphatic rings. The molecule has 184 valence electrons. The van der Waals surface area contributed by atoms with Gasteiger partial charge in [0.25, 0.3) is 0 Å². The molecule has 0 saturated heterocycles. The van der Waals surface area contributed by atoms with Crippen LogP contribution in [0.25, 0.3) is 0 Å². The van der Waals surface area contributed by atoms with Crippen LogP contribution in [0.4, 0.5) is 0 Å². The van der Waals surface area contributed by atoms with Crippen LogP contribution < -0.4 is 10.1 Å². The molecule has 2 unspecified atom stereocenters. The molecule has 1 aliphatic heterocycles. The van der Waals surface area contributed by atoms with Gasteiger partial charge >= 0.3 is 5.97 Å². The van der Waals surface area contributed by atoms with Gasteiger partial charge in [-0.1, -0.05) is 12.1 Å². The number of benzene rings is 1. The molecule has 0 radical (unpaired) electrons. The van der Waals surface area contributed by atoms with E-state index in [2.05, 4.69) is 11.4 Å². The van der Waals surface area contributed by atoms with Crippen molar-refractivity contribution in [2.75, 3.05) is 6.61 Å². The van der Waals surface area contributed by atoms with Gasteiger partial charge in [0.2, 0.25) is 0 Å². The second-order valence-electron chi connectivity index (χ2n) is 9.50. The van der Waals surface area contributed by atoms with Gasteiger partial charge in [0, 0.05) is 40.1 Å². The van der Waals surface area contributed by atoms with E-state index >= 15 is 0 Å². The Balaban J connectivity index is 1.57. The molecule has 1 fully saturated rings. The number of hydrogen-bond acceptors (Lipinski definition) is 7. The highest BCUT2D eigenvalue weighted by atomic mass is 32.1. The number of nitrogens with one attached hydrogen (secondary N) is 1. The lowest BCUT2D eigenvalue weighted by Gasteiger charge is -2.36. The van der Waals surface area contributed by atoms with Crippen LogP contribution in [-0.4, -0.2) is 29.6 Å². The zero-order chi connectivity index (χ0) is 24.5. The van der Waals surface area contributed by atoms with Gasteiger partial charge < -0.3 is 19.9 Å². The summed E-state index contributed by atoms with van der Waals surface area (Å²) >= 11 is 1.67. The van der Waals surface area contributed by atoms with Crippen molar-refractivity contribution in [2.45, 2.75) is 70.3 Å². The molecule has 1 saturated carbocycles. The summed E-state index contributed by atoms with van der Waals surface area (Å²) in [5.41, 5.74) is 3.40. The van der Waals surface area contributed by atoms with Gasteiger partial charge in [0.05, 0.1) is 12.2 Å². The summed E-state index contributed by atoms with van der Waals surface area (Å²) in [6.07, 6.45) is 4.90. The Morgan fingerprint density at radius 2 is 2.00 bits per heavy atom. The molecule has 2 atom stereocenters. The average molecular weight is 494 g/mol. The summed E-state index contributed by atoms with van der Waals surface area (Å²) in [4.78, 5) is 28.4. The fourth-order valence-corrected chi connectivity index (χ4v) is 6.40. The molecule has 35 heavy (non-hydrogen) atoms. The molecule has 7 heteroatoms. The van der Waals surface area contributed by atoms with Crippen molar-refractivity contribution >= 4 is 23.1 Å². The number of phenolic OH excluding ortho intramolecular Hbond substituents is 1. The maximum absolute atomic E-state index is 13.7. The third-order valence-corrected chi connectivity index (χ3v) is 8.22. The molecule has 2 heterocycles. The lowest BCUT2D eigenvalue weighted by atomic mass is 9.72. The van der Waals surface area contributed by atoms with Crippen LogP contribution in [0.1, 0.15) is 74.6 Å². The molecule has 2 aromatic rings. The van der Waals surface area contributed by atoms with Crippen molar-refractivity contribution in [2.24, 2.45) is 0 Å². The van der Waals surface area contributed by atoms with Crippen molar-refractivity contribution in [3.63, 3.8) is 0 Å². The van der Waals surface area contributed by atoms with Crippen molar-refractivity contribution in [1.82, 2.24) is 5.32 Å². The van der Waals surface area contributed by atoms with E-state index in [1.54, 1.807) is 29.5 Å². The summed E-state index contributed by atoms with van der Waals surface area (Å²) in [6, 6.07) is 9.18. The number of esters is 1. The fourth-order valence-electron chi connectivity index (χ4n) is 5.57. The van der Waals surface area contributed by atoms with Crippen LogP contribution in [0.15, 0.2) is 58.3 Å². The van der Waals surface area contributed by atoms with Crippen LogP contribution in [0.5, 0.6) is 11.5 Å². The Morgan fingerprint density at radius 1 is 1.20 bits per heavy atom. The zero-order valence-corrected chi connectivity index (χ0v) is 21.0. The SMILES string of the molecule is CCOc1cc(C2C(C(=O)OC3CCCC3)=C(C)NC3=C2C(=O)CC(c2cccs2)C3)ccc1O. The van der Waals surface area contributed by atoms with E-state index in [0.29, 0.717) is 42.0 Å². The number of dihydropyridines is 1. The Kier molecular flexibility index (Phi) is 6.69. The number of Topliss-reactive ketones (excluding diaryl/α,β-unsaturated/α-hetero) is 1. The van der Waals surface area contributed by atoms with Crippen molar-refractivity contribution < 1.29 is 24.2 Å². The van der Waals surface area contributed by atoms with E-state index in [4.69, 9.17) is 9.47 Å². The van der Waals surface area contributed by atoms with E-state index in [0.717, 1.165) is 36.9 Å². The number of rotatable bonds is 6. The monoisotopic (exact) mass is 493 g/mol. The molecule has 2 aliphatic carbocycles. The minimum Gasteiger partial charge on any atom is -0.504 e.